The molecule has 0 radical (unpaired) electrons. The van der Waals surface area contributed by atoms with E-state index in [1.807, 2.05) is 30.3 Å². The molecule has 0 spiro atoms. The number of aromatic hydroxyl groups is 2. The van der Waals surface area contributed by atoms with Crippen LogP contribution in [0.2, 0.25) is 0 Å². The number of phenols is 2. The number of ether oxygens (including phenoxy) is 1. The van der Waals surface area contributed by atoms with E-state index in [1.54, 1.807) is 0 Å². The van der Waals surface area contributed by atoms with E-state index in [0.717, 1.165) is 19.3 Å². The monoisotopic (exact) mass is 272 g/mol. The molecule has 0 bridgehead atoms. The van der Waals surface area contributed by atoms with Crippen molar-refractivity contribution in [1.29, 1.82) is 0 Å². The molecule has 0 fully saturated rings. The molecule has 0 aliphatic rings. The molecule has 106 valence electrons. The highest BCUT2D eigenvalue weighted by molar-refractivity contribution is 5.54. The summed E-state index contributed by atoms with van der Waals surface area (Å²) in [5, 5.41) is 20.0. The van der Waals surface area contributed by atoms with Crippen molar-refractivity contribution in [3.63, 3.8) is 0 Å². The van der Waals surface area contributed by atoms with E-state index in [-0.39, 0.29) is 11.5 Å². The first-order valence-electron chi connectivity index (χ1n) is 6.99. The maximum absolute atomic E-state index is 10.0. The zero-order valence-corrected chi connectivity index (χ0v) is 11.7. The Balaban J connectivity index is 2.27. The molecule has 0 atom stereocenters. The highest BCUT2D eigenvalue weighted by Gasteiger charge is 2.14. The van der Waals surface area contributed by atoms with Crippen LogP contribution in [0.4, 0.5) is 0 Å². The SMILES string of the molecule is CCCCCc1c(O)ccc(O)c1Oc1ccccc1. The molecule has 0 amide bonds. The van der Waals surface area contributed by atoms with Crippen LogP contribution in [0.1, 0.15) is 31.7 Å². The first-order chi connectivity index (χ1) is 9.72. The fourth-order valence-corrected chi connectivity index (χ4v) is 2.12. The van der Waals surface area contributed by atoms with Gasteiger partial charge in [0.15, 0.2) is 11.5 Å². The third kappa shape index (κ3) is 3.44. The lowest BCUT2D eigenvalue weighted by atomic mass is 10.0. The lowest BCUT2D eigenvalue weighted by Crippen LogP contribution is -1.94. The van der Waals surface area contributed by atoms with Gasteiger partial charge in [0.25, 0.3) is 0 Å². The average molecular weight is 272 g/mol. The Kier molecular flexibility index (Phi) is 4.88. The minimum absolute atomic E-state index is 0.0538. The maximum atomic E-state index is 10.0. The fraction of sp³-hybridized carbons (Fsp3) is 0.294. The molecule has 0 aromatic heterocycles. The van der Waals surface area contributed by atoms with Crippen LogP contribution in [0.15, 0.2) is 42.5 Å². The van der Waals surface area contributed by atoms with Crippen LogP contribution >= 0.6 is 0 Å². The molecule has 2 N–H and O–H groups in total. The fourth-order valence-electron chi connectivity index (χ4n) is 2.12. The third-order valence-corrected chi connectivity index (χ3v) is 3.21. The van der Waals surface area contributed by atoms with Crippen LogP contribution < -0.4 is 4.74 Å². The Hall–Kier alpha value is -2.16. The van der Waals surface area contributed by atoms with E-state index < -0.39 is 0 Å². The Labute approximate surface area is 119 Å². The molecule has 0 aliphatic carbocycles. The molecule has 0 unspecified atom stereocenters. The minimum atomic E-state index is 0.0538. The van der Waals surface area contributed by atoms with Crippen molar-refractivity contribution in [2.24, 2.45) is 0 Å². The van der Waals surface area contributed by atoms with Gasteiger partial charge in [-0.05, 0) is 37.1 Å². The van der Waals surface area contributed by atoms with Crippen LogP contribution in [-0.2, 0) is 6.42 Å². The Bertz CT molecular complexity index is 550. The van der Waals surface area contributed by atoms with Crippen molar-refractivity contribution in [2.45, 2.75) is 32.6 Å². The largest absolute Gasteiger partial charge is 0.508 e. The van der Waals surface area contributed by atoms with E-state index in [2.05, 4.69) is 6.92 Å². The van der Waals surface area contributed by atoms with E-state index in [0.29, 0.717) is 23.5 Å². The zero-order chi connectivity index (χ0) is 14.4. The average Bonchev–Trinajstić information content (AvgIpc) is 2.47. The minimum Gasteiger partial charge on any atom is -0.508 e. The summed E-state index contributed by atoms with van der Waals surface area (Å²) < 4.78 is 5.74. The summed E-state index contributed by atoms with van der Waals surface area (Å²) in [4.78, 5) is 0. The third-order valence-electron chi connectivity index (χ3n) is 3.21. The first-order valence-corrected chi connectivity index (χ1v) is 6.99. The summed E-state index contributed by atoms with van der Waals surface area (Å²) in [5.74, 6) is 1.22. The topological polar surface area (TPSA) is 49.7 Å². The van der Waals surface area contributed by atoms with Gasteiger partial charge in [0, 0.05) is 5.56 Å². The second kappa shape index (κ2) is 6.85. The van der Waals surface area contributed by atoms with E-state index >= 15 is 0 Å². The van der Waals surface area contributed by atoms with Gasteiger partial charge in [0.1, 0.15) is 11.5 Å². The van der Waals surface area contributed by atoms with Crippen molar-refractivity contribution >= 4 is 0 Å². The van der Waals surface area contributed by atoms with Gasteiger partial charge >= 0.3 is 0 Å². The Morgan fingerprint density at radius 1 is 0.900 bits per heavy atom. The van der Waals surface area contributed by atoms with Crippen LogP contribution in [0.5, 0.6) is 23.0 Å². The van der Waals surface area contributed by atoms with Crippen molar-refractivity contribution < 1.29 is 14.9 Å². The molecule has 0 heterocycles. The van der Waals surface area contributed by atoms with Crippen LogP contribution in [-0.4, -0.2) is 10.2 Å². The van der Waals surface area contributed by atoms with Gasteiger partial charge in [0.05, 0.1) is 0 Å². The van der Waals surface area contributed by atoms with Gasteiger partial charge in [-0.1, -0.05) is 38.0 Å². The van der Waals surface area contributed by atoms with E-state index in [9.17, 15) is 10.2 Å². The molecule has 2 rings (SSSR count). The molecule has 20 heavy (non-hydrogen) atoms. The summed E-state index contributed by atoms with van der Waals surface area (Å²) in [6.45, 7) is 2.13. The predicted octanol–water partition coefficient (Wildman–Crippen LogP) is 4.62. The van der Waals surface area contributed by atoms with Crippen molar-refractivity contribution in [3.8, 4) is 23.0 Å². The zero-order valence-electron chi connectivity index (χ0n) is 11.7. The lowest BCUT2D eigenvalue weighted by Gasteiger charge is -2.14. The van der Waals surface area contributed by atoms with Crippen LogP contribution in [0.25, 0.3) is 0 Å². The summed E-state index contributed by atoms with van der Waals surface area (Å²) in [7, 11) is 0. The second-order valence-electron chi connectivity index (χ2n) is 4.78. The molecular weight excluding hydrogens is 252 g/mol. The van der Waals surface area contributed by atoms with Gasteiger partial charge in [-0.15, -0.1) is 0 Å². The first kappa shape index (κ1) is 14.3. The predicted molar refractivity (Wildman–Crippen MR) is 79.5 cm³/mol. The molecule has 2 aromatic carbocycles. The normalized spacial score (nSPS) is 10.4. The lowest BCUT2D eigenvalue weighted by molar-refractivity contribution is 0.396. The van der Waals surface area contributed by atoms with Crippen LogP contribution in [0.3, 0.4) is 0 Å². The van der Waals surface area contributed by atoms with E-state index in [1.165, 1.54) is 12.1 Å². The molecule has 0 saturated heterocycles. The Morgan fingerprint density at radius 3 is 2.30 bits per heavy atom. The maximum Gasteiger partial charge on any atom is 0.175 e. The molecule has 0 saturated carbocycles. The smallest absolute Gasteiger partial charge is 0.175 e. The van der Waals surface area contributed by atoms with Gasteiger partial charge in [-0.3, -0.25) is 0 Å². The van der Waals surface area contributed by atoms with Crippen molar-refractivity contribution in [2.75, 3.05) is 0 Å². The summed E-state index contributed by atoms with van der Waals surface area (Å²) in [5.41, 5.74) is 0.669. The highest BCUT2D eigenvalue weighted by Crippen LogP contribution is 2.39. The highest BCUT2D eigenvalue weighted by atomic mass is 16.5. The Morgan fingerprint density at radius 2 is 1.60 bits per heavy atom. The van der Waals surface area contributed by atoms with Crippen molar-refractivity contribution in [1.82, 2.24) is 0 Å². The number of phenolic OH excluding ortho intramolecular Hbond substituents is 2. The quantitative estimate of drug-likeness (QED) is 0.595. The van der Waals surface area contributed by atoms with Crippen molar-refractivity contribution in [3.05, 3.63) is 48.0 Å². The number of benzene rings is 2. The van der Waals surface area contributed by atoms with Crippen LogP contribution in [0, 0.1) is 0 Å². The number of hydrogen-bond donors (Lipinski definition) is 2. The number of para-hydroxylation sites is 1. The molecule has 2 aromatic rings. The molecule has 3 nitrogen and oxygen atoms in total. The molecule has 0 aliphatic heterocycles. The second-order valence-corrected chi connectivity index (χ2v) is 4.78. The number of rotatable bonds is 6. The summed E-state index contributed by atoms with van der Waals surface area (Å²) in [6, 6.07) is 12.2. The number of unbranched alkanes of at least 4 members (excludes halogenated alkanes) is 2. The van der Waals surface area contributed by atoms with Gasteiger partial charge in [-0.2, -0.15) is 0 Å². The number of hydrogen-bond acceptors (Lipinski definition) is 3. The summed E-state index contributed by atoms with van der Waals surface area (Å²) in [6.07, 6.45) is 3.84. The standard InChI is InChI=1S/C17H20O3/c1-2-3-5-10-14-15(18)11-12-16(19)17(14)20-13-8-6-4-7-9-13/h4,6-9,11-12,18-19H,2-3,5,10H2,1H3. The molecule has 3 heteroatoms. The van der Waals surface area contributed by atoms with Gasteiger partial charge in [0.2, 0.25) is 0 Å². The van der Waals surface area contributed by atoms with E-state index in [4.69, 9.17) is 4.74 Å². The van der Waals surface area contributed by atoms with Gasteiger partial charge in [-0.25, -0.2) is 0 Å². The summed E-state index contributed by atoms with van der Waals surface area (Å²) >= 11 is 0. The van der Waals surface area contributed by atoms with Gasteiger partial charge < -0.3 is 14.9 Å². The molecular formula is C17H20O3.